The first kappa shape index (κ1) is 14.0. The van der Waals surface area contributed by atoms with E-state index < -0.39 is 17.7 Å². The molecule has 20 heavy (non-hydrogen) atoms. The van der Waals surface area contributed by atoms with Crippen molar-refractivity contribution >= 4 is 5.69 Å². The van der Waals surface area contributed by atoms with Crippen LogP contribution in [0.1, 0.15) is 17.2 Å². The van der Waals surface area contributed by atoms with Crippen LogP contribution in [0, 0.1) is 23.0 Å². The van der Waals surface area contributed by atoms with E-state index in [4.69, 9.17) is 5.26 Å². The molecule has 2 aromatic carbocycles. The lowest BCUT2D eigenvalue weighted by atomic mass is 10.1. The third kappa shape index (κ3) is 2.92. The van der Waals surface area contributed by atoms with Gasteiger partial charge in [-0.15, -0.1) is 0 Å². The van der Waals surface area contributed by atoms with Crippen LogP contribution in [0.5, 0.6) is 0 Å². The second kappa shape index (κ2) is 6.13. The summed E-state index contributed by atoms with van der Waals surface area (Å²) in [5.74, 6) is -1.73. The maximum absolute atomic E-state index is 13.8. The first-order valence-electron chi connectivity index (χ1n) is 5.97. The van der Waals surface area contributed by atoms with Crippen LogP contribution in [0.15, 0.2) is 42.5 Å². The van der Waals surface area contributed by atoms with Gasteiger partial charge >= 0.3 is 0 Å². The quantitative estimate of drug-likeness (QED) is 0.901. The van der Waals surface area contributed by atoms with Crippen molar-refractivity contribution in [1.29, 1.82) is 5.26 Å². The van der Waals surface area contributed by atoms with Crippen molar-refractivity contribution in [3.63, 3.8) is 0 Å². The summed E-state index contributed by atoms with van der Waals surface area (Å²) in [7, 11) is 0. The van der Waals surface area contributed by atoms with Crippen molar-refractivity contribution in [2.45, 2.75) is 6.04 Å². The van der Waals surface area contributed by atoms with Gasteiger partial charge in [0.05, 0.1) is 24.3 Å². The normalized spacial score (nSPS) is 11.7. The second-order valence-corrected chi connectivity index (χ2v) is 4.22. The highest BCUT2D eigenvalue weighted by Gasteiger charge is 2.16. The molecule has 5 heteroatoms. The summed E-state index contributed by atoms with van der Waals surface area (Å²) in [6.45, 7) is -0.317. The molecule has 0 aliphatic heterocycles. The van der Waals surface area contributed by atoms with E-state index in [2.05, 4.69) is 5.32 Å². The minimum Gasteiger partial charge on any atom is -0.394 e. The largest absolute Gasteiger partial charge is 0.394 e. The van der Waals surface area contributed by atoms with Crippen LogP contribution in [0.4, 0.5) is 14.5 Å². The summed E-state index contributed by atoms with van der Waals surface area (Å²) in [5, 5.41) is 20.6. The number of aliphatic hydroxyl groups excluding tert-OH is 1. The van der Waals surface area contributed by atoms with Crippen molar-refractivity contribution in [2.75, 3.05) is 11.9 Å². The van der Waals surface area contributed by atoms with Crippen molar-refractivity contribution in [3.8, 4) is 6.07 Å². The predicted molar refractivity (Wildman–Crippen MR) is 71.0 cm³/mol. The van der Waals surface area contributed by atoms with Crippen molar-refractivity contribution in [2.24, 2.45) is 0 Å². The average molecular weight is 274 g/mol. The SMILES string of the molecule is N#Cc1cc(F)c(N[C@H](CO)c2ccccc2)c(F)c1. The number of anilines is 1. The smallest absolute Gasteiger partial charge is 0.150 e. The Morgan fingerprint density at radius 1 is 1.15 bits per heavy atom. The van der Waals surface area contributed by atoms with Gasteiger partial charge in [-0.3, -0.25) is 0 Å². The molecule has 3 nitrogen and oxygen atoms in total. The van der Waals surface area contributed by atoms with Gasteiger partial charge < -0.3 is 10.4 Å². The highest BCUT2D eigenvalue weighted by Crippen LogP contribution is 2.25. The Balaban J connectivity index is 2.32. The molecule has 1 atom stereocenters. The lowest BCUT2D eigenvalue weighted by molar-refractivity contribution is 0.276. The summed E-state index contributed by atoms with van der Waals surface area (Å²) in [6, 6.07) is 11.8. The topological polar surface area (TPSA) is 56.0 Å². The minimum atomic E-state index is -0.865. The molecule has 0 radical (unpaired) electrons. The maximum atomic E-state index is 13.8. The zero-order chi connectivity index (χ0) is 14.5. The average Bonchev–Trinajstić information content (AvgIpc) is 2.47. The number of nitriles is 1. The number of rotatable bonds is 4. The van der Waals surface area contributed by atoms with E-state index in [1.54, 1.807) is 36.4 Å². The maximum Gasteiger partial charge on any atom is 0.150 e. The summed E-state index contributed by atoms with van der Waals surface area (Å²) in [5.41, 5.74) is 0.260. The van der Waals surface area contributed by atoms with E-state index in [-0.39, 0.29) is 17.9 Å². The van der Waals surface area contributed by atoms with Gasteiger partial charge in [0.15, 0.2) is 11.6 Å². The molecule has 0 amide bonds. The number of benzene rings is 2. The Labute approximate surface area is 115 Å². The van der Waals surface area contributed by atoms with Gasteiger partial charge in [0.2, 0.25) is 0 Å². The number of nitrogens with zero attached hydrogens (tertiary/aromatic N) is 1. The van der Waals surface area contributed by atoms with Crippen LogP contribution in [0.25, 0.3) is 0 Å². The summed E-state index contributed by atoms with van der Waals surface area (Å²) in [4.78, 5) is 0. The molecule has 0 aliphatic rings. The minimum absolute atomic E-state index is 0.0918. The fourth-order valence-electron chi connectivity index (χ4n) is 1.87. The molecular formula is C15H12F2N2O. The molecule has 2 N–H and O–H groups in total. The predicted octanol–water partition coefficient (Wildman–Crippen LogP) is 2.98. The standard InChI is InChI=1S/C15H12F2N2O/c16-12-6-10(8-18)7-13(17)15(12)19-14(9-20)11-4-2-1-3-5-11/h1-7,14,19-20H,9H2/t14-/m1/s1. The summed E-state index contributed by atoms with van der Waals surface area (Å²) in [6.07, 6.45) is 0. The van der Waals surface area contributed by atoms with E-state index in [0.717, 1.165) is 12.1 Å². The Kier molecular flexibility index (Phi) is 4.28. The van der Waals surface area contributed by atoms with Crippen LogP contribution < -0.4 is 5.32 Å². The van der Waals surface area contributed by atoms with Gasteiger partial charge in [-0.05, 0) is 17.7 Å². The Bertz CT molecular complexity index is 615. The Morgan fingerprint density at radius 3 is 2.25 bits per heavy atom. The molecule has 0 heterocycles. The van der Waals surface area contributed by atoms with Crippen LogP contribution in [0.3, 0.4) is 0 Å². The Hall–Kier alpha value is -2.45. The van der Waals surface area contributed by atoms with Gasteiger partial charge in [0, 0.05) is 0 Å². The first-order valence-corrected chi connectivity index (χ1v) is 5.97. The Morgan fingerprint density at radius 2 is 1.75 bits per heavy atom. The van der Waals surface area contributed by atoms with Gasteiger partial charge in [-0.1, -0.05) is 30.3 Å². The molecule has 0 spiro atoms. The number of halogens is 2. The lowest BCUT2D eigenvalue weighted by Crippen LogP contribution is -2.16. The van der Waals surface area contributed by atoms with Crippen LogP contribution in [-0.4, -0.2) is 11.7 Å². The van der Waals surface area contributed by atoms with E-state index in [1.165, 1.54) is 0 Å². The molecule has 0 saturated heterocycles. The number of aliphatic hydroxyl groups is 1. The zero-order valence-electron chi connectivity index (χ0n) is 10.5. The molecule has 0 aromatic heterocycles. The molecule has 102 valence electrons. The molecule has 0 saturated carbocycles. The number of hydrogen-bond donors (Lipinski definition) is 2. The fourth-order valence-corrected chi connectivity index (χ4v) is 1.87. The summed E-state index contributed by atoms with van der Waals surface area (Å²) < 4.78 is 27.6. The van der Waals surface area contributed by atoms with E-state index >= 15 is 0 Å². The number of hydrogen-bond acceptors (Lipinski definition) is 3. The molecule has 0 aliphatic carbocycles. The van der Waals surface area contributed by atoms with Gasteiger partial charge in [0.25, 0.3) is 0 Å². The van der Waals surface area contributed by atoms with Crippen LogP contribution in [0.2, 0.25) is 0 Å². The first-order chi connectivity index (χ1) is 9.65. The van der Waals surface area contributed by atoms with Crippen molar-refractivity contribution < 1.29 is 13.9 Å². The molecular weight excluding hydrogens is 262 g/mol. The number of nitrogens with one attached hydrogen (secondary N) is 1. The molecule has 2 rings (SSSR count). The third-order valence-corrected chi connectivity index (χ3v) is 2.87. The fraction of sp³-hybridized carbons (Fsp3) is 0.133. The van der Waals surface area contributed by atoms with Crippen molar-refractivity contribution in [1.82, 2.24) is 0 Å². The van der Waals surface area contributed by atoms with Crippen LogP contribution in [-0.2, 0) is 0 Å². The van der Waals surface area contributed by atoms with Gasteiger partial charge in [-0.25, -0.2) is 8.78 Å². The second-order valence-electron chi connectivity index (χ2n) is 4.22. The molecule has 0 bridgehead atoms. The lowest BCUT2D eigenvalue weighted by Gasteiger charge is -2.19. The molecule has 0 unspecified atom stereocenters. The summed E-state index contributed by atoms with van der Waals surface area (Å²) >= 11 is 0. The van der Waals surface area contributed by atoms with Gasteiger partial charge in [0.1, 0.15) is 5.69 Å². The van der Waals surface area contributed by atoms with Crippen LogP contribution >= 0.6 is 0 Å². The zero-order valence-corrected chi connectivity index (χ0v) is 10.5. The third-order valence-electron chi connectivity index (χ3n) is 2.87. The van der Waals surface area contributed by atoms with E-state index in [9.17, 15) is 13.9 Å². The molecule has 2 aromatic rings. The van der Waals surface area contributed by atoms with E-state index in [1.807, 2.05) is 0 Å². The molecule has 0 fully saturated rings. The van der Waals surface area contributed by atoms with Gasteiger partial charge in [-0.2, -0.15) is 5.26 Å². The van der Waals surface area contributed by atoms with Crippen molar-refractivity contribution in [3.05, 3.63) is 65.2 Å². The highest BCUT2D eigenvalue weighted by molar-refractivity contribution is 5.51. The monoisotopic (exact) mass is 274 g/mol. The van der Waals surface area contributed by atoms with E-state index in [0.29, 0.717) is 5.56 Å². The highest BCUT2D eigenvalue weighted by atomic mass is 19.1.